The Labute approximate surface area is 97.8 Å². The van der Waals surface area contributed by atoms with Crippen LogP contribution in [0.3, 0.4) is 0 Å². The first-order chi connectivity index (χ1) is 7.65. The van der Waals surface area contributed by atoms with Gasteiger partial charge in [-0.2, -0.15) is 0 Å². The van der Waals surface area contributed by atoms with Crippen molar-refractivity contribution in [1.29, 1.82) is 0 Å². The number of rotatable bonds is 5. The lowest BCUT2D eigenvalue weighted by Crippen LogP contribution is -2.44. The van der Waals surface area contributed by atoms with E-state index in [1.165, 1.54) is 12.8 Å². The molecular formula is C12H21N3O. The van der Waals surface area contributed by atoms with Crippen LogP contribution in [0.1, 0.15) is 19.3 Å². The topological polar surface area (TPSA) is 49.6 Å². The number of nitrogens with zero attached hydrogens (tertiary/aromatic N) is 2. The van der Waals surface area contributed by atoms with Crippen LogP contribution in [0.15, 0.2) is 0 Å². The van der Waals surface area contributed by atoms with E-state index in [9.17, 15) is 4.79 Å². The van der Waals surface area contributed by atoms with Crippen molar-refractivity contribution in [3.8, 4) is 12.3 Å². The van der Waals surface area contributed by atoms with E-state index in [1.54, 1.807) is 11.9 Å². The average molecular weight is 223 g/mol. The van der Waals surface area contributed by atoms with Crippen molar-refractivity contribution in [2.75, 3.05) is 33.2 Å². The van der Waals surface area contributed by atoms with Crippen LogP contribution in [0.2, 0.25) is 0 Å². The molecule has 1 rings (SSSR count). The molecule has 4 nitrogen and oxygen atoms in total. The van der Waals surface area contributed by atoms with Crippen molar-refractivity contribution in [3.05, 3.63) is 0 Å². The van der Waals surface area contributed by atoms with Crippen LogP contribution in [0, 0.1) is 12.3 Å². The van der Waals surface area contributed by atoms with E-state index >= 15 is 0 Å². The summed E-state index contributed by atoms with van der Waals surface area (Å²) < 4.78 is 0. The van der Waals surface area contributed by atoms with Crippen LogP contribution >= 0.6 is 0 Å². The lowest BCUT2D eigenvalue weighted by Gasteiger charge is -2.23. The maximum Gasteiger partial charge on any atom is 0.240 e. The summed E-state index contributed by atoms with van der Waals surface area (Å²) in [5.74, 6) is 2.36. The lowest BCUT2D eigenvalue weighted by atomic mass is 10.2. The van der Waals surface area contributed by atoms with Gasteiger partial charge in [0.2, 0.25) is 5.91 Å². The number of carbonyl (C=O) groups excluding carboxylic acids is 1. The van der Waals surface area contributed by atoms with Crippen molar-refractivity contribution in [1.82, 2.24) is 9.80 Å². The molecule has 1 aliphatic heterocycles. The lowest BCUT2D eigenvalue weighted by molar-refractivity contribution is -0.131. The molecule has 1 atom stereocenters. The predicted octanol–water partition coefficient (Wildman–Crippen LogP) is -0.109. The van der Waals surface area contributed by atoms with Gasteiger partial charge in [-0.3, -0.25) is 4.79 Å². The Bertz CT molecular complexity index is 266. The molecule has 1 fully saturated rings. The molecule has 0 spiro atoms. The smallest absolute Gasteiger partial charge is 0.240 e. The third-order valence-electron chi connectivity index (χ3n) is 2.98. The molecule has 16 heavy (non-hydrogen) atoms. The van der Waals surface area contributed by atoms with Gasteiger partial charge in [0.25, 0.3) is 0 Å². The van der Waals surface area contributed by atoms with Gasteiger partial charge < -0.3 is 15.5 Å². The number of likely N-dealkylation sites (tertiary alicyclic amines) is 1. The van der Waals surface area contributed by atoms with Crippen molar-refractivity contribution in [2.45, 2.75) is 25.3 Å². The number of hydrogen-bond acceptors (Lipinski definition) is 3. The summed E-state index contributed by atoms with van der Waals surface area (Å²) >= 11 is 0. The fourth-order valence-electron chi connectivity index (χ4n) is 1.91. The molecule has 1 heterocycles. The quantitative estimate of drug-likeness (QED) is 0.662. The minimum Gasteiger partial charge on any atom is -0.343 e. The molecule has 0 bridgehead atoms. The molecule has 2 N–H and O–H groups in total. The van der Waals surface area contributed by atoms with E-state index in [-0.39, 0.29) is 5.91 Å². The Balaban J connectivity index is 2.25. The van der Waals surface area contributed by atoms with E-state index in [1.807, 2.05) is 0 Å². The molecular weight excluding hydrogens is 202 g/mol. The van der Waals surface area contributed by atoms with Gasteiger partial charge in [0.05, 0.1) is 6.04 Å². The second kappa shape index (κ2) is 6.51. The minimum absolute atomic E-state index is 0.0582. The Kier molecular flexibility index (Phi) is 5.30. The molecule has 1 unspecified atom stereocenters. The second-order valence-corrected chi connectivity index (χ2v) is 4.32. The van der Waals surface area contributed by atoms with E-state index in [0.29, 0.717) is 6.42 Å². The summed E-state index contributed by atoms with van der Waals surface area (Å²) in [5.41, 5.74) is 5.67. The fourth-order valence-corrected chi connectivity index (χ4v) is 1.91. The standard InChI is InChI=1S/C12H21N3O/c1-3-6-11(13)12(16)14(2)9-10-15-7-4-5-8-15/h1,11H,4-10,13H2,2H3. The van der Waals surface area contributed by atoms with Crippen LogP contribution in [0.25, 0.3) is 0 Å². The van der Waals surface area contributed by atoms with E-state index in [0.717, 1.165) is 26.2 Å². The van der Waals surface area contributed by atoms with Crippen molar-refractivity contribution >= 4 is 5.91 Å². The zero-order chi connectivity index (χ0) is 12.0. The highest BCUT2D eigenvalue weighted by atomic mass is 16.2. The molecule has 1 saturated heterocycles. The van der Waals surface area contributed by atoms with Gasteiger partial charge in [0, 0.05) is 26.6 Å². The van der Waals surface area contributed by atoms with Crippen LogP contribution in [-0.4, -0.2) is 55.0 Å². The molecule has 0 aromatic rings. The first-order valence-corrected chi connectivity index (χ1v) is 5.81. The highest BCUT2D eigenvalue weighted by Crippen LogP contribution is 2.06. The highest BCUT2D eigenvalue weighted by molar-refractivity contribution is 5.81. The van der Waals surface area contributed by atoms with Crippen LogP contribution < -0.4 is 5.73 Å². The Morgan fingerprint density at radius 2 is 2.19 bits per heavy atom. The van der Waals surface area contributed by atoms with E-state index in [4.69, 9.17) is 12.2 Å². The largest absolute Gasteiger partial charge is 0.343 e. The zero-order valence-electron chi connectivity index (χ0n) is 9.98. The van der Waals surface area contributed by atoms with Gasteiger partial charge in [0.15, 0.2) is 0 Å². The van der Waals surface area contributed by atoms with Crippen LogP contribution in [-0.2, 0) is 4.79 Å². The third-order valence-corrected chi connectivity index (χ3v) is 2.98. The molecule has 0 saturated carbocycles. The van der Waals surface area contributed by atoms with Gasteiger partial charge in [-0.25, -0.2) is 0 Å². The second-order valence-electron chi connectivity index (χ2n) is 4.32. The number of terminal acetylenes is 1. The molecule has 1 amide bonds. The van der Waals surface area contributed by atoms with E-state index < -0.39 is 6.04 Å². The maximum absolute atomic E-state index is 11.7. The van der Waals surface area contributed by atoms with Crippen molar-refractivity contribution < 1.29 is 4.79 Å². The average Bonchev–Trinajstić information content (AvgIpc) is 2.78. The van der Waals surface area contributed by atoms with Gasteiger partial charge in [-0.15, -0.1) is 12.3 Å². The Morgan fingerprint density at radius 3 is 2.75 bits per heavy atom. The Hall–Kier alpha value is -1.05. The molecule has 0 aliphatic carbocycles. The molecule has 0 radical (unpaired) electrons. The predicted molar refractivity (Wildman–Crippen MR) is 64.7 cm³/mol. The summed E-state index contributed by atoms with van der Waals surface area (Å²) in [6.45, 7) is 3.97. The zero-order valence-corrected chi connectivity index (χ0v) is 9.98. The van der Waals surface area contributed by atoms with E-state index in [2.05, 4.69) is 10.8 Å². The minimum atomic E-state index is -0.548. The van der Waals surface area contributed by atoms with Gasteiger partial charge in [-0.1, -0.05) is 0 Å². The van der Waals surface area contributed by atoms with Crippen molar-refractivity contribution in [3.63, 3.8) is 0 Å². The molecule has 1 aliphatic rings. The summed E-state index contributed by atoms with van der Waals surface area (Å²) in [4.78, 5) is 15.8. The number of likely N-dealkylation sites (N-methyl/N-ethyl adjacent to an activating group) is 1. The number of amides is 1. The number of nitrogens with two attached hydrogens (primary N) is 1. The summed E-state index contributed by atoms with van der Waals surface area (Å²) in [6, 6.07) is -0.548. The molecule has 90 valence electrons. The normalized spacial score (nSPS) is 18.1. The maximum atomic E-state index is 11.7. The molecule has 4 heteroatoms. The number of carbonyl (C=O) groups is 1. The molecule has 0 aromatic heterocycles. The number of hydrogen-bond donors (Lipinski definition) is 1. The monoisotopic (exact) mass is 223 g/mol. The molecule has 0 aromatic carbocycles. The van der Waals surface area contributed by atoms with Gasteiger partial charge in [-0.05, 0) is 25.9 Å². The first kappa shape index (κ1) is 13.0. The van der Waals surface area contributed by atoms with Crippen molar-refractivity contribution in [2.24, 2.45) is 5.73 Å². The van der Waals surface area contributed by atoms with Gasteiger partial charge in [0.1, 0.15) is 0 Å². The fraction of sp³-hybridized carbons (Fsp3) is 0.750. The summed E-state index contributed by atoms with van der Waals surface area (Å²) in [6.07, 6.45) is 7.99. The summed E-state index contributed by atoms with van der Waals surface area (Å²) in [5, 5.41) is 0. The Morgan fingerprint density at radius 1 is 1.56 bits per heavy atom. The summed E-state index contributed by atoms with van der Waals surface area (Å²) in [7, 11) is 1.79. The third kappa shape index (κ3) is 3.84. The first-order valence-electron chi connectivity index (χ1n) is 5.81. The van der Waals surface area contributed by atoms with Crippen LogP contribution in [0.4, 0.5) is 0 Å². The van der Waals surface area contributed by atoms with Crippen LogP contribution in [0.5, 0.6) is 0 Å². The highest BCUT2D eigenvalue weighted by Gasteiger charge is 2.18. The van der Waals surface area contributed by atoms with Gasteiger partial charge >= 0.3 is 0 Å². The SMILES string of the molecule is C#CCC(N)C(=O)N(C)CCN1CCCC1.